The van der Waals surface area contributed by atoms with Crippen molar-refractivity contribution in [1.29, 1.82) is 0 Å². The summed E-state index contributed by atoms with van der Waals surface area (Å²) in [5.41, 5.74) is -0.867. The van der Waals surface area contributed by atoms with Crippen LogP contribution < -0.4 is 9.47 Å². The van der Waals surface area contributed by atoms with E-state index in [4.69, 9.17) is 14.6 Å². The second-order valence-corrected chi connectivity index (χ2v) is 3.42. The molecule has 7 heteroatoms. The molecule has 1 unspecified atom stereocenters. The van der Waals surface area contributed by atoms with E-state index in [9.17, 15) is 18.0 Å². The van der Waals surface area contributed by atoms with Crippen LogP contribution in [0.1, 0.15) is 5.56 Å². The Labute approximate surface area is 93.6 Å². The Balaban J connectivity index is 2.29. The average Bonchev–Trinajstić information content (AvgIpc) is 2.26. The van der Waals surface area contributed by atoms with Gasteiger partial charge in [-0.3, -0.25) is 0 Å². The highest BCUT2D eigenvalue weighted by Crippen LogP contribution is 2.38. The molecule has 1 N–H and O–H groups in total. The van der Waals surface area contributed by atoms with Crippen LogP contribution in [0.25, 0.3) is 0 Å². The van der Waals surface area contributed by atoms with Gasteiger partial charge < -0.3 is 14.6 Å². The maximum atomic E-state index is 12.4. The lowest BCUT2D eigenvalue weighted by molar-refractivity contribution is -0.148. The van der Waals surface area contributed by atoms with Crippen LogP contribution in [0.4, 0.5) is 13.2 Å². The molecular formula is C10H7F3O4. The lowest BCUT2D eigenvalue weighted by Gasteiger charge is -2.24. The second kappa shape index (κ2) is 3.83. The molecule has 92 valence electrons. The third-order valence-electron chi connectivity index (χ3n) is 2.21. The van der Waals surface area contributed by atoms with Crippen molar-refractivity contribution in [3.05, 3.63) is 23.8 Å². The summed E-state index contributed by atoms with van der Waals surface area (Å²) in [4.78, 5) is 10.6. The molecule has 1 aromatic carbocycles. The third kappa shape index (κ3) is 2.27. The Morgan fingerprint density at radius 3 is 2.65 bits per heavy atom. The van der Waals surface area contributed by atoms with E-state index >= 15 is 0 Å². The van der Waals surface area contributed by atoms with Gasteiger partial charge in [0.1, 0.15) is 6.61 Å². The summed E-state index contributed by atoms with van der Waals surface area (Å²) in [7, 11) is 0. The minimum absolute atomic E-state index is 0.00310. The van der Waals surface area contributed by atoms with Crippen molar-refractivity contribution >= 4 is 5.97 Å². The maximum Gasteiger partial charge on any atom is 0.416 e. The molecular weight excluding hydrogens is 241 g/mol. The zero-order valence-electron chi connectivity index (χ0n) is 8.32. The zero-order chi connectivity index (χ0) is 12.6. The highest BCUT2D eigenvalue weighted by Gasteiger charge is 2.33. The van der Waals surface area contributed by atoms with Gasteiger partial charge in [0.15, 0.2) is 11.5 Å². The molecule has 0 saturated heterocycles. The van der Waals surface area contributed by atoms with Gasteiger partial charge in [-0.2, -0.15) is 13.2 Å². The summed E-state index contributed by atoms with van der Waals surface area (Å²) in [6.45, 7) is -0.316. The van der Waals surface area contributed by atoms with Crippen molar-refractivity contribution < 1.29 is 32.5 Å². The van der Waals surface area contributed by atoms with E-state index in [1.165, 1.54) is 0 Å². The molecule has 0 radical (unpaired) electrons. The number of carbonyl (C=O) groups is 1. The standard InChI is InChI=1S/C10H7F3O4/c11-10(12,13)5-1-2-6-7(3-5)16-4-8(17-6)9(14)15/h1-3,8H,4H2,(H,14,15). The third-order valence-corrected chi connectivity index (χ3v) is 2.21. The topological polar surface area (TPSA) is 55.8 Å². The first-order chi connectivity index (χ1) is 7.88. The Morgan fingerprint density at radius 1 is 1.35 bits per heavy atom. The van der Waals surface area contributed by atoms with Gasteiger partial charge >= 0.3 is 12.1 Å². The van der Waals surface area contributed by atoms with Crippen LogP contribution in [0.5, 0.6) is 11.5 Å². The molecule has 0 bridgehead atoms. The number of carboxylic acid groups (broad SMARTS) is 1. The fourth-order valence-electron chi connectivity index (χ4n) is 1.37. The Morgan fingerprint density at radius 2 is 2.06 bits per heavy atom. The van der Waals surface area contributed by atoms with Gasteiger partial charge in [-0.05, 0) is 18.2 Å². The van der Waals surface area contributed by atoms with Gasteiger partial charge in [-0.1, -0.05) is 0 Å². The van der Waals surface area contributed by atoms with Gasteiger partial charge in [-0.15, -0.1) is 0 Å². The van der Waals surface area contributed by atoms with Crippen molar-refractivity contribution in [3.8, 4) is 11.5 Å². The SMILES string of the molecule is O=C(O)C1COc2cc(C(F)(F)F)ccc2O1. The van der Waals surface area contributed by atoms with Gasteiger partial charge in [0.25, 0.3) is 0 Å². The van der Waals surface area contributed by atoms with Crippen LogP contribution in [0.15, 0.2) is 18.2 Å². The van der Waals surface area contributed by atoms with Crippen LogP contribution >= 0.6 is 0 Å². The molecule has 0 aliphatic carbocycles. The molecule has 1 heterocycles. The van der Waals surface area contributed by atoms with E-state index in [0.717, 1.165) is 18.2 Å². The molecule has 0 spiro atoms. The van der Waals surface area contributed by atoms with Crippen LogP contribution in [0.2, 0.25) is 0 Å². The average molecular weight is 248 g/mol. The normalized spacial score (nSPS) is 18.9. The highest BCUT2D eigenvalue weighted by atomic mass is 19.4. The van der Waals surface area contributed by atoms with Crippen LogP contribution in [0, 0.1) is 0 Å². The first kappa shape index (κ1) is 11.6. The molecule has 1 atom stereocenters. The van der Waals surface area contributed by atoms with Gasteiger partial charge in [-0.25, -0.2) is 4.79 Å². The van der Waals surface area contributed by atoms with Gasteiger partial charge in [0.05, 0.1) is 5.56 Å². The summed E-state index contributed by atoms with van der Waals surface area (Å²) in [6, 6.07) is 2.65. The van der Waals surface area contributed by atoms with E-state index in [0.29, 0.717) is 0 Å². The van der Waals surface area contributed by atoms with Crippen LogP contribution in [-0.2, 0) is 11.0 Å². The first-order valence-corrected chi connectivity index (χ1v) is 4.61. The molecule has 2 rings (SSSR count). The molecule has 0 aromatic heterocycles. The largest absolute Gasteiger partial charge is 0.485 e. The van der Waals surface area contributed by atoms with Gasteiger partial charge in [0.2, 0.25) is 6.10 Å². The minimum Gasteiger partial charge on any atom is -0.485 e. The Hall–Kier alpha value is -1.92. The quantitative estimate of drug-likeness (QED) is 0.825. The number of aliphatic carboxylic acids is 1. The van der Waals surface area contributed by atoms with E-state index < -0.39 is 23.8 Å². The number of hydrogen-bond acceptors (Lipinski definition) is 3. The monoisotopic (exact) mass is 248 g/mol. The molecule has 1 aromatic rings. The van der Waals surface area contributed by atoms with Crippen molar-refractivity contribution in [2.45, 2.75) is 12.3 Å². The first-order valence-electron chi connectivity index (χ1n) is 4.61. The van der Waals surface area contributed by atoms with Crippen molar-refractivity contribution in [3.63, 3.8) is 0 Å². The number of ether oxygens (including phenoxy) is 2. The van der Waals surface area contributed by atoms with Crippen LogP contribution in [-0.4, -0.2) is 23.8 Å². The molecule has 0 amide bonds. The predicted molar refractivity (Wildman–Crippen MR) is 49.0 cm³/mol. The smallest absolute Gasteiger partial charge is 0.416 e. The van der Waals surface area contributed by atoms with Gasteiger partial charge in [0, 0.05) is 0 Å². The fraction of sp³-hybridized carbons (Fsp3) is 0.300. The number of carboxylic acids is 1. The summed E-state index contributed by atoms with van der Waals surface area (Å²) in [6.07, 6.45) is -5.67. The van der Waals surface area contributed by atoms with Crippen molar-refractivity contribution in [2.75, 3.05) is 6.61 Å². The maximum absolute atomic E-state index is 12.4. The molecule has 1 aliphatic heterocycles. The van der Waals surface area contributed by atoms with Crippen molar-refractivity contribution in [1.82, 2.24) is 0 Å². The van der Waals surface area contributed by atoms with E-state index in [1.807, 2.05) is 0 Å². The van der Waals surface area contributed by atoms with E-state index in [1.54, 1.807) is 0 Å². The number of halogens is 3. The predicted octanol–water partition coefficient (Wildman–Crippen LogP) is 1.93. The summed E-state index contributed by atoms with van der Waals surface area (Å²) in [5.74, 6) is -1.33. The number of benzene rings is 1. The van der Waals surface area contributed by atoms with E-state index in [-0.39, 0.29) is 18.1 Å². The number of alkyl halides is 3. The minimum atomic E-state index is -4.47. The lowest BCUT2D eigenvalue weighted by atomic mass is 10.2. The number of rotatable bonds is 1. The molecule has 1 aliphatic rings. The molecule has 4 nitrogen and oxygen atoms in total. The Bertz CT molecular complexity index is 455. The van der Waals surface area contributed by atoms with E-state index in [2.05, 4.69) is 0 Å². The van der Waals surface area contributed by atoms with Crippen molar-refractivity contribution in [2.24, 2.45) is 0 Å². The summed E-state index contributed by atoms with van der Waals surface area (Å²) >= 11 is 0. The molecule has 0 fully saturated rings. The lowest BCUT2D eigenvalue weighted by Crippen LogP contribution is -2.36. The molecule has 0 saturated carbocycles. The second-order valence-electron chi connectivity index (χ2n) is 3.42. The zero-order valence-corrected chi connectivity index (χ0v) is 8.32. The summed E-state index contributed by atoms with van der Waals surface area (Å²) in [5, 5.41) is 8.66. The Kier molecular flexibility index (Phi) is 2.60. The number of fused-ring (bicyclic) bond motifs is 1. The fourth-order valence-corrected chi connectivity index (χ4v) is 1.37. The number of hydrogen-bond donors (Lipinski definition) is 1. The highest BCUT2D eigenvalue weighted by molar-refractivity contribution is 5.73. The summed E-state index contributed by atoms with van der Waals surface area (Å²) < 4.78 is 47.0. The van der Waals surface area contributed by atoms with Crippen LogP contribution in [0.3, 0.4) is 0 Å². The molecule has 17 heavy (non-hydrogen) atoms.